The quantitative estimate of drug-likeness (QED) is 0.716. The van der Waals surface area contributed by atoms with Gasteiger partial charge in [-0.3, -0.25) is 4.98 Å². The van der Waals surface area contributed by atoms with Gasteiger partial charge in [-0.2, -0.15) is 0 Å². The Labute approximate surface area is 77.6 Å². The van der Waals surface area contributed by atoms with Crippen LogP contribution < -0.4 is 0 Å². The van der Waals surface area contributed by atoms with E-state index in [0.29, 0.717) is 0 Å². The third-order valence-corrected chi connectivity index (χ3v) is 2.15. The van der Waals surface area contributed by atoms with Crippen LogP contribution in [-0.4, -0.2) is 4.98 Å². The van der Waals surface area contributed by atoms with Gasteiger partial charge < -0.3 is 4.42 Å². The maximum atomic E-state index is 5.61. The summed E-state index contributed by atoms with van der Waals surface area (Å²) in [5.74, 6) is 1.07. The molecule has 2 rings (SSSR count). The summed E-state index contributed by atoms with van der Waals surface area (Å²) in [6, 6.07) is 4.08. The number of aryl methyl sites for hydroxylation is 1. The molecular formula is C11H13NO. The standard InChI is InChI=1S/C11H13NO/c1-2-3-4-10-7-9-5-6-12-8-11(9)13-10/h5-8H,2-4H2,1H3. The first kappa shape index (κ1) is 8.30. The average molecular weight is 175 g/mol. The summed E-state index contributed by atoms with van der Waals surface area (Å²) >= 11 is 0. The van der Waals surface area contributed by atoms with E-state index in [1.807, 2.05) is 6.07 Å². The minimum atomic E-state index is 0.897. The fourth-order valence-corrected chi connectivity index (χ4v) is 1.41. The maximum Gasteiger partial charge on any atom is 0.152 e. The van der Waals surface area contributed by atoms with E-state index >= 15 is 0 Å². The van der Waals surface area contributed by atoms with Crippen molar-refractivity contribution < 1.29 is 4.42 Å². The molecule has 2 nitrogen and oxygen atoms in total. The van der Waals surface area contributed by atoms with Crippen molar-refractivity contribution in [2.24, 2.45) is 0 Å². The summed E-state index contributed by atoms with van der Waals surface area (Å²) < 4.78 is 5.61. The zero-order valence-corrected chi connectivity index (χ0v) is 7.79. The van der Waals surface area contributed by atoms with Crippen molar-refractivity contribution in [1.29, 1.82) is 0 Å². The van der Waals surface area contributed by atoms with Crippen molar-refractivity contribution >= 4 is 11.0 Å². The smallest absolute Gasteiger partial charge is 0.152 e. The van der Waals surface area contributed by atoms with Crippen LogP contribution in [0.25, 0.3) is 11.0 Å². The summed E-state index contributed by atoms with van der Waals surface area (Å²) in [6.07, 6.45) is 6.99. The molecule has 2 aromatic rings. The van der Waals surface area contributed by atoms with Crippen molar-refractivity contribution in [1.82, 2.24) is 4.98 Å². The van der Waals surface area contributed by atoms with Crippen molar-refractivity contribution in [3.63, 3.8) is 0 Å². The van der Waals surface area contributed by atoms with E-state index in [-0.39, 0.29) is 0 Å². The van der Waals surface area contributed by atoms with E-state index in [9.17, 15) is 0 Å². The topological polar surface area (TPSA) is 26.0 Å². The number of nitrogens with zero attached hydrogens (tertiary/aromatic N) is 1. The predicted molar refractivity (Wildman–Crippen MR) is 52.6 cm³/mol. The largest absolute Gasteiger partial charge is 0.459 e. The van der Waals surface area contributed by atoms with Gasteiger partial charge in [0.05, 0.1) is 6.20 Å². The van der Waals surface area contributed by atoms with Gasteiger partial charge in [-0.1, -0.05) is 13.3 Å². The van der Waals surface area contributed by atoms with Crippen molar-refractivity contribution in [2.45, 2.75) is 26.2 Å². The van der Waals surface area contributed by atoms with E-state index in [4.69, 9.17) is 4.42 Å². The van der Waals surface area contributed by atoms with Crippen LogP contribution in [0.15, 0.2) is 28.9 Å². The third kappa shape index (κ3) is 1.72. The van der Waals surface area contributed by atoms with E-state index in [2.05, 4.69) is 18.0 Å². The predicted octanol–water partition coefficient (Wildman–Crippen LogP) is 3.17. The highest BCUT2D eigenvalue weighted by atomic mass is 16.3. The zero-order chi connectivity index (χ0) is 9.10. The molecule has 0 saturated carbocycles. The van der Waals surface area contributed by atoms with Gasteiger partial charge in [0.1, 0.15) is 5.76 Å². The lowest BCUT2D eigenvalue weighted by Crippen LogP contribution is -1.78. The zero-order valence-electron chi connectivity index (χ0n) is 7.79. The van der Waals surface area contributed by atoms with Crippen LogP contribution in [0.5, 0.6) is 0 Å². The lowest BCUT2D eigenvalue weighted by Gasteiger charge is -1.90. The molecule has 0 bridgehead atoms. The van der Waals surface area contributed by atoms with Crippen LogP contribution in [0.3, 0.4) is 0 Å². The Morgan fingerprint density at radius 1 is 1.46 bits per heavy atom. The Kier molecular flexibility index (Phi) is 2.30. The first-order valence-corrected chi connectivity index (χ1v) is 4.72. The highest BCUT2D eigenvalue weighted by Gasteiger charge is 2.01. The summed E-state index contributed by atoms with van der Waals surface area (Å²) in [4.78, 5) is 4.01. The van der Waals surface area contributed by atoms with E-state index in [1.165, 1.54) is 12.8 Å². The lowest BCUT2D eigenvalue weighted by atomic mass is 10.2. The minimum absolute atomic E-state index is 0.897. The van der Waals surface area contributed by atoms with Gasteiger partial charge in [0.2, 0.25) is 0 Å². The minimum Gasteiger partial charge on any atom is -0.459 e. The molecule has 2 heterocycles. The molecule has 0 N–H and O–H groups in total. The fourth-order valence-electron chi connectivity index (χ4n) is 1.41. The molecule has 0 aliphatic heterocycles. The Morgan fingerprint density at radius 3 is 3.15 bits per heavy atom. The molecule has 0 unspecified atom stereocenters. The van der Waals surface area contributed by atoms with E-state index in [0.717, 1.165) is 23.2 Å². The second kappa shape index (κ2) is 3.60. The van der Waals surface area contributed by atoms with E-state index in [1.54, 1.807) is 12.4 Å². The number of hydrogen-bond donors (Lipinski definition) is 0. The van der Waals surface area contributed by atoms with Gasteiger partial charge in [0.25, 0.3) is 0 Å². The highest BCUT2D eigenvalue weighted by molar-refractivity contribution is 5.76. The number of hydrogen-bond acceptors (Lipinski definition) is 2. The summed E-state index contributed by atoms with van der Waals surface area (Å²) in [7, 11) is 0. The Morgan fingerprint density at radius 2 is 2.38 bits per heavy atom. The van der Waals surface area contributed by atoms with Crippen molar-refractivity contribution in [3.8, 4) is 0 Å². The molecule has 0 aromatic carbocycles. The van der Waals surface area contributed by atoms with Gasteiger partial charge in [0.15, 0.2) is 5.58 Å². The summed E-state index contributed by atoms with van der Waals surface area (Å²) in [5.41, 5.74) is 0.897. The van der Waals surface area contributed by atoms with Crippen LogP contribution in [-0.2, 0) is 6.42 Å². The molecule has 68 valence electrons. The monoisotopic (exact) mass is 175 g/mol. The molecule has 2 heteroatoms. The van der Waals surface area contributed by atoms with Gasteiger partial charge in [-0.25, -0.2) is 0 Å². The molecule has 0 aliphatic rings. The molecule has 0 fully saturated rings. The maximum absolute atomic E-state index is 5.61. The number of fused-ring (bicyclic) bond motifs is 1. The molecular weight excluding hydrogens is 162 g/mol. The average Bonchev–Trinajstić information content (AvgIpc) is 2.57. The molecule has 2 aromatic heterocycles. The van der Waals surface area contributed by atoms with E-state index < -0.39 is 0 Å². The normalized spacial score (nSPS) is 10.8. The van der Waals surface area contributed by atoms with Crippen LogP contribution in [0.2, 0.25) is 0 Å². The van der Waals surface area contributed by atoms with Gasteiger partial charge in [-0.15, -0.1) is 0 Å². The number of rotatable bonds is 3. The van der Waals surface area contributed by atoms with Crippen molar-refractivity contribution in [2.75, 3.05) is 0 Å². The molecule has 0 radical (unpaired) electrons. The second-order valence-electron chi connectivity index (χ2n) is 3.23. The first-order valence-electron chi connectivity index (χ1n) is 4.72. The highest BCUT2D eigenvalue weighted by Crippen LogP contribution is 2.18. The fraction of sp³-hybridized carbons (Fsp3) is 0.364. The summed E-state index contributed by atoms with van der Waals surface area (Å²) in [6.45, 7) is 2.18. The Bertz CT molecular complexity index is 359. The van der Waals surface area contributed by atoms with Gasteiger partial charge in [-0.05, 0) is 18.6 Å². The number of aromatic nitrogens is 1. The van der Waals surface area contributed by atoms with Crippen LogP contribution in [0.1, 0.15) is 25.5 Å². The Balaban J connectivity index is 2.28. The van der Waals surface area contributed by atoms with Crippen LogP contribution in [0.4, 0.5) is 0 Å². The van der Waals surface area contributed by atoms with Crippen LogP contribution in [0, 0.1) is 0 Å². The van der Waals surface area contributed by atoms with Gasteiger partial charge in [0, 0.05) is 18.0 Å². The molecule has 0 spiro atoms. The number of pyridine rings is 1. The molecule has 0 atom stereocenters. The third-order valence-electron chi connectivity index (χ3n) is 2.15. The molecule has 0 amide bonds. The number of furan rings is 1. The van der Waals surface area contributed by atoms with Gasteiger partial charge >= 0.3 is 0 Å². The SMILES string of the molecule is CCCCc1cc2ccncc2o1. The Hall–Kier alpha value is -1.31. The number of unbranched alkanes of at least 4 members (excludes halogenated alkanes) is 1. The second-order valence-corrected chi connectivity index (χ2v) is 3.23. The molecule has 0 aliphatic carbocycles. The molecule has 0 saturated heterocycles. The first-order chi connectivity index (χ1) is 6.40. The summed E-state index contributed by atoms with van der Waals surface area (Å²) in [5, 5.41) is 1.15. The van der Waals surface area contributed by atoms with Crippen LogP contribution >= 0.6 is 0 Å². The molecule has 13 heavy (non-hydrogen) atoms. The lowest BCUT2D eigenvalue weighted by molar-refractivity contribution is 0.536. The van der Waals surface area contributed by atoms with Crippen molar-refractivity contribution in [3.05, 3.63) is 30.3 Å².